The molecule has 0 radical (unpaired) electrons. The van der Waals surface area contributed by atoms with Crippen molar-refractivity contribution in [2.45, 2.75) is 26.2 Å². The molecule has 2 rings (SSSR count). The van der Waals surface area contributed by atoms with Gasteiger partial charge in [-0.05, 0) is 49.2 Å². The van der Waals surface area contributed by atoms with Gasteiger partial charge in [-0.2, -0.15) is 0 Å². The number of ether oxygens (including phenoxy) is 1. The van der Waals surface area contributed by atoms with Gasteiger partial charge in [0.1, 0.15) is 0 Å². The number of amides is 3. The van der Waals surface area contributed by atoms with Crippen LogP contribution in [0.4, 0.5) is 17.1 Å². The van der Waals surface area contributed by atoms with Crippen LogP contribution in [0.3, 0.4) is 0 Å². The molecule has 0 spiro atoms. The summed E-state index contributed by atoms with van der Waals surface area (Å²) in [4.78, 5) is 36.4. The minimum Gasteiger partial charge on any atom is -0.385 e. The van der Waals surface area contributed by atoms with Crippen molar-refractivity contribution in [2.24, 2.45) is 0 Å². The van der Waals surface area contributed by atoms with Crippen molar-refractivity contribution >= 4 is 46.4 Å². The average molecular weight is 461 g/mol. The zero-order valence-corrected chi connectivity index (χ0v) is 19.1. The standard InChI is InChI=1S/C23H29ClN4O4/c1-3-6-21(29)27-18-9-10-19(24)20(14-18)26-15-22(30)28-17-8-4-7-16(13-17)23(31)25-11-5-12-32-2/h4,7-10,13-14,26H,3,5-6,11-12,15H2,1-2H3,(H,25,31)(H,27,29)(H,28,30). The van der Waals surface area contributed by atoms with E-state index in [0.717, 1.165) is 12.8 Å². The van der Waals surface area contributed by atoms with Crippen molar-refractivity contribution < 1.29 is 19.1 Å². The Bertz CT molecular complexity index is 936. The first-order valence-corrected chi connectivity index (χ1v) is 10.8. The highest BCUT2D eigenvalue weighted by Gasteiger charge is 2.10. The number of methoxy groups -OCH3 is 1. The van der Waals surface area contributed by atoms with E-state index in [1.54, 1.807) is 49.6 Å². The van der Waals surface area contributed by atoms with Crippen LogP contribution in [-0.4, -0.2) is 44.5 Å². The summed E-state index contributed by atoms with van der Waals surface area (Å²) in [5.74, 6) is -0.607. The predicted octanol–water partition coefficient (Wildman–Crippen LogP) is 3.90. The fraction of sp³-hybridized carbons (Fsp3) is 0.348. The zero-order valence-electron chi connectivity index (χ0n) is 18.3. The first-order chi connectivity index (χ1) is 15.4. The number of hydrogen-bond donors (Lipinski definition) is 4. The van der Waals surface area contributed by atoms with Crippen molar-refractivity contribution in [3.8, 4) is 0 Å². The first-order valence-electron chi connectivity index (χ1n) is 10.4. The Morgan fingerprint density at radius 3 is 2.50 bits per heavy atom. The van der Waals surface area contributed by atoms with Gasteiger partial charge in [0.25, 0.3) is 5.91 Å². The maximum Gasteiger partial charge on any atom is 0.251 e. The van der Waals surface area contributed by atoms with Crippen LogP contribution in [0.15, 0.2) is 42.5 Å². The Hall–Kier alpha value is -3.10. The van der Waals surface area contributed by atoms with Crippen molar-refractivity contribution in [1.82, 2.24) is 5.32 Å². The summed E-state index contributed by atoms with van der Waals surface area (Å²) in [7, 11) is 1.61. The first kappa shape index (κ1) is 25.2. The van der Waals surface area contributed by atoms with Gasteiger partial charge in [0, 0.05) is 43.6 Å². The molecule has 0 saturated carbocycles. The summed E-state index contributed by atoms with van der Waals surface area (Å²) in [6.45, 7) is 2.96. The molecule has 9 heteroatoms. The summed E-state index contributed by atoms with van der Waals surface area (Å²) in [5, 5.41) is 11.7. The fourth-order valence-corrected chi connectivity index (χ4v) is 3.01. The van der Waals surface area contributed by atoms with E-state index in [2.05, 4.69) is 21.3 Å². The molecule has 8 nitrogen and oxygen atoms in total. The van der Waals surface area contributed by atoms with Crippen LogP contribution < -0.4 is 21.3 Å². The smallest absolute Gasteiger partial charge is 0.251 e. The molecule has 2 aromatic carbocycles. The van der Waals surface area contributed by atoms with Crippen molar-refractivity contribution in [3.63, 3.8) is 0 Å². The van der Waals surface area contributed by atoms with Crippen molar-refractivity contribution in [3.05, 3.63) is 53.1 Å². The molecule has 0 aromatic heterocycles. The van der Waals surface area contributed by atoms with Gasteiger partial charge in [0.2, 0.25) is 11.8 Å². The van der Waals surface area contributed by atoms with Crippen LogP contribution in [0, 0.1) is 0 Å². The molecule has 3 amide bonds. The molecule has 32 heavy (non-hydrogen) atoms. The summed E-state index contributed by atoms with van der Waals surface area (Å²) in [6.07, 6.45) is 1.90. The van der Waals surface area contributed by atoms with Crippen LogP contribution in [0.1, 0.15) is 36.5 Å². The predicted molar refractivity (Wildman–Crippen MR) is 127 cm³/mol. The average Bonchev–Trinajstić information content (AvgIpc) is 2.77. The molecule has 2 aromatic rings. The van der Waals surface area contributed by atoms with Crippen LogP contribution in [0.5, 0.6) is 0 Å². The Kier molecular flexibility index (Phi) is 10.5. The number of anilines is 3. The van der Waals surface area contributed by atoms with Gasteiger partial charge in [-0.1, -0.05) is 24.6 Å². The maximum atomic E-state index is 12.4. The SMILES string of the molecule is CCCC(=O)Nc1ccc(Cl)c(NCC(=O)Nc2cccc(C(=O)NCCCOC)c2)c1. The molecular weight excluding hydrogens is 432 g/mol. The third kappa shape index (κ3) is 8.56. The van der Waals surface area contributed by atoms with Gasteiger partial charge in [-0.25, -0.2) is 0 Å². The monoisotopic (exact) mass is 460 g/mol. The molecule has 0 aliphatic rings. The van der Waals surface area contributed by atoms with Gasteiger partial charge >= 0.3 is 0 Å². The van der Waals surface area contributed by atoms with E-state index in [9.17, 15) is 14.4 Å². The molecule has 0 saturated heterocycles. The Morgan fingerprint density at radius 1 is 1.00 bits per heavy atom. The second kappa shape index (κ2) is 13.3. The Morgan fingerprint density at radius 2 is 1.75 bits per heavy atom. The molecule has 0 bridgehead atoms. The number of benzene rings is 2. The minimum absolute atomic E-state index is 0.0421. The Labute approximate surface area is 193 Å². The van der Waals surface area contributed by atoms with E-state index in [-0.39, 0.29) is 24.3 Å². The summed E-state index contributed by atoms with van der Waals surface area (Å²) in [6, 6.07) is 11.7. The number of carbonyl (C=O) groups excluding carboxylic acids is 3. The quantitative estimate of drug-likeness (QED) is 0.359. The van der Waals surface area contributed by atoms with E-state index >= 15 is 0 Å². The van der Waals surface area contributed by atoms with Gasteiger partial charge in [0.05, 0.1) is 17.3 Å². The lowest BCUT2D eigenvalue weighted by molar-refractivity contribution is -0.116. The molecular formula is C23H29ClN4O4. The molecule has 0 atom stereocenters. The van der Waals surface area contributed by atoms with Crippen molar-refractivity contribution in [1.29, 1.82) is 0 Å². The largest absolute Gasteiger partial charge is 0.385 e. The van der Waals surface area contributed by atoms with Crippen LogP contribution >= 0.6 is 11.6 Å². The van der Waals surface area contributed by atoms with Crippen LogP contribution in [-0.2, 0) is 14.3 Å². The lowest BCUT2D eigenvalue weighted by atomic mass is 10.2. The molecule has 0 fully saturated rings. The fourth-order valence-electron chi connectivity index (χ4n) is 2.83. The van der Waals surface area contributed by atoms with Gasteiger partial charge < -0.3 is 26.0 Å². The lowest BCUT2D eigenvalue weighted by Crippen LogP contribution is -2.25. The van der Waals surface area contributed by atoms with Gasteiger partial charge in [0.15, 0.2) is 0 Å². The van der Waals surface area contributed by atoms with Crippen LogP contribution in [0.25, 0.3) is 0 Å². The second-order valence-electron chi connectivity index (χ2n) is 7.08. The van der Waals surface area contributed by atoms with Crippen molar-refractivity contribution in [2.75, 3.05) is 42.8 Å². The summed E-state index contributed by atoms with van der Waals surface area (Å²) < 4.78 is 4.96. The van der Waals surface area contributed by atoms with E-state index in [0.29, 0.717) is 47.2 Å². The van der Waals surface area contributed by atoms with Gasteiger partial charge in [-0.15, -0.1) is 0 Å². The number of nitrogens with one attached hydrogen (secondary N) is 4. The third-order valence-electron chi connectivity index (χ3n) is 4.39. The zero-order chi connectivity index (χ0) is 23.3. The highest BCUT2D eigenvalue weighted by molar-refractivity contribution is 6.33. The maximum absolute atomic E-state index is 12.4. The normalized spacial score (nSPS) is 10.3. The number of carbonyl (C=O) groups is 3. The highest BCUT2D eigenvalue weighted by atomic mass is 35.5. The van der Waals surface area contributed by atoms with Gasteiger partial charge in [-0.3, -0.25) is 14.4 Å². The van der Waals surface area contributed by atoms with E-state index < -0.39 is 0 Å². The summed E-state index contributed by atoms with van der Waals surface area (Å²) in [5.41, 5.74) is 2.08. The van der Waals surface area contributed by atoms with E-state index in [4.69, 9.17) is 16.3 Å². The number of rotatable bonds is 12. The molecule has 0 unspecified atom stereocenters. The van der Waals surface area contributed by atoms with E-state index in [1.807, 2.05) is 6.92 Å². The second-order valence-corrected chi connectivity index (χ2v) is 7.48. The molecule has 172 valence electrons. The minimum atomic E-state index is -0.306. The molecule has 0 heterocycles. The summed E-state index contributed by atoms with van der Waals surface area (Å²) >= 11 is 6.20. The number of hydrogen-bond acceptors (Lipinski definition) is 5. The lowest BCUT2D eigenvalue weighted by Gasteiger charge is -2.12. The third-order valence-corrected chi connectivity index (χ3v) is 4.72. The highest BCUT2D eigenvalue weighted by Crippen LogP contribution is 2.25. The molecule has 0 aliphatic carbocycles. The van der Waals surface area contributed by atoms with Crippen LogP contribution in [0.2, 0.25) is 5.02 Å². The topological polar surface area (TPSA) is 109 Å². The molecule has 4 N–H and O–H groups in total. The number of halogens is 1. The Balaban J connectivity index is 1.90. The van der Waals surface area contributed by atoms with E-state index in [1.165, 1.54) is 0 Å². The molecule has 0 aliphatic heterocycles.